The second-order valence-corrected chi connectivity index (χ2v) is 6.69. The lowest BCUT2D eigenvalue weighted by Gasteiger charge is -2.39. The Bertz CT molecular complexity index is 359. The molecule has 1 heterocycles. The van der Waals surface area contributed by atoms with Crippen molar-refractivity contribution < 1.29 is 9.59 Å². The SMILES string of the molecule is CC(C)CC1NC(=O)CCN(C2(C)CCCC2)C1=O. The molecule has 1 N–H and O–H groups in total. The van der Waals surface area contributed by atoms with Gasteiger partial charge in [-0.3, -0.25) is 9.59 Å². The molecule has 2 fully saturated rings. The summed E-state index contributed by atoms with van der Waals surface area (Å²) in [6.07, 6.45) is 5.70. The van der Waals surface area contributed by atoms with Crippen LogP contribution in [0.5, 0.6) is 0 Å². The minimum absolute atomic E-state index is 0.0168. The third-order valence-corrected chi connectivity index (χ3v) is 4.50. The predicted molar refractivity (Wildman–Crippen MR) is 74.6 cm³/mol. The summed E-state index contributed by atoms with van der Waals surface area (Å²) in [6.45, 7) is 6.94. The summed E-state index contributed by atoms with van der Waals surface area (Å²) in [5, 5.41) is 2.90. The summed E-state index contributed by atoms with van der Waals surface area (Å²) in [6, 6.07) is -0.326. The van der Waals surface area contributed by atoms with Crippen molar-refractivity contribution in [3.05, 3.63) is 0 Å². The largest absolute Gasteiger partial charge is 0.344 e. The van der Waals surface area contributed by atoms with E-state index in [0.717, 1.165) is 19.3 Å². The smallest absolute Gasteiger partial charge is 0.245 e. The third kappa shape index (κ3) is 3.10. The maximum absolute atomic E-state index is 12.7. The second kappa shape index (κ2) is 5.51. The monoisotopic (exact) mass is 266 g/mol. The molecule has 1 atom stereocenters. The van der Waals surface area contributed by atoms with Crippen LogP contribution < -0.4 is 5.32 Å². The van der Waals surface area contributed by atoms with E-state index in [1.54, 1.807) is 0 Å². The van der Waals surface area contributed by atoms with Crippen molar-refractivity contribution >= 4 is 11.8 Å². The van der Waals surface area contributed by atoms with Crippen LogP contribution in [0.2, 0.25) is 0 Å². The van der Waals surface area contributed by atoms with Crippen LogP contribution in [0.25, 0.3) is 0 Å². The molecular formula is C15H26N2O2. The fourth-order valence-electron chi connectivity index (χ4n) is 3.41. The molecule has 19 heavy (non-hydrogen) atoms. The molecule has 0 spiro atoms. The Morgan fingerprint density at radius 3 is 2.53 bits per heavy atom. The van der Waals surface area contributed by atoms with E-state index in [9.17, 15) is 9.59 Å². The highest BCUT2D eigenvalue weighted by molar-refractivity contribution is 5.90. The van der Waals surface area contributed by atoms with Crippen molar-refractivity contribution in [1.29, 1.82) is 0 Å². The van der Waals surface area contributed by atoms with E-state index in [4.69, 9.17) is 0 Å². The molecule has 1 unspecified atom stereocenters. The third-order valence-electron chi connectivity index (χ3n) is 4.50. The zero-order valence-corrected chi connectivity index (χ0v) is 12.4. The van der Waals surface area contributed by atoms with Crippen LogP contribution in [0.1, 0.15) is 59.3 Å². The minimum Gasteiger partial charge on any atom is -0.344 e. The fourth-order valence-corrected chi connectivity index (χ4v) is 3.41. The van der Waals surface area contributed by atoms with E-state index >= 15 is 0 Å². The molecule has 0 aromatic rings. The number of rotatable bonds is 3. The van der Waals surface area contributed by atoms with Crippen LogP contribution in [-0.4, -0.2) is 34.8 Å². The number of amides is 2. The van der Waals surface area contributed by atoms with E-state index in [1.165, 1.54) is 12.8 Å². The highest BCUT2D eigenvalue weighted by Crippen LogP contribution is 2.36. The van der Waals surface area contributed by atoms with Gasteiger partial charge in [0.25, 0.3) is 0 Å². The van der Waals surface area contributed by atoms with E-state index in [1.807, 2.05) is 4.90 Å². The van der Waals surface area contributed by atoms with Crippen LogP contribution in [0.3, 0.4) is 0 Å². The minimum atomic E-state index is -0.326. The number of hydrogen-bond donors (Lipinski definition) is 1. The number of carbonyl (C=O) groups is 2. The molecule has 4 nitrogen and oxygen atoms in total. The number of nitrogens with one attached hydrogen (secondary N) is 1. The molecule has 2 aliphatic rings. The second-order valence-electron chi connectivity index (χ2n) is 6.69. The zero-order chi connectivity index (χ0) is 14.0. The Morgan fingerprint density at radius 2 is 1.95 bits per heavy atom. The van der Waals surface area contributed by atoms with Gasteiger partial charge in [0, 0.05) is 18.5 Å². The lowest BCUT2D eigenvalue weighted by molar-refractivity contribution is -0.139. The van der Waals surface area contributed by atoms with E-state index in [2.05, 4.69) is 26.1 Å². The molecule has 0 aromatic carbocycles. The normalized spacial score (nSPS) is 27.6. The Morgan fingerprint density at radius 1 is 1.32 bits per heavy atom. The van der Waals surface area contributed by atoms with Crippen molar-refractivity contribution in [3.63, 3.8) is 0 Å². The molecule has 0 radical (unpaired) electrons. The van der Waals surface area contributed by atoms with Crippen molar-refractivity contribution in [1.82, 2.24) is 10.2 Å². The first-order chi connectivity index (χ1) is 8.92. The van der Waals surface area contributed by atoms with Crippen molar-refractivity contribution in [3.8, 4) is 0 Å². The molecular weight excluding hydrogens is 240 g/mol. The van der Waals surface area contributed by atoms with E-state index < -0.39 is 0 Å². The molecule has 1 saturated carbocycles. The van der Waals surface area contributed by atoms with Crippen LogP contribution in [-0.2, 0) is 9.59 Å². The molecule has 0 aromatic heterocycles. The van der Waals surface area contributed by atoms with Gasteiger partial charge in [0.05, 0.1) is 0 Å². The molecule has 108 valence electrons. The highest BCUT2D eigenvalue weighted by Gasteiger charge is 2.41. The molecule has 1 aliphatic carbocycles. The van der Waals surface area contributed by atoms with Gasteiger partial charge in [-0.05, 0) is 32.1 Å². The Hall–Kier alpha value is -1.06. The predicted octanol–water partition coefficient (Wildman–Crippen LogP) is 2.08. The van der Waals surface area contributed by atoms with Gasteiger partial charge < -0.3 is 10.2 Å². The van der Waals surface area contributed by atoms with Crippen LogP contribution in [0.4, 0.5) is 0 Å². The maximum Gasteiger partial charge on any atom is 0.245 e. The summed E-state index contributed by atoms with van der Waals surface area (Å²) < 4.78 is 0. The Kier molecular flexibility index (Phi) is 4.16. The van der Waals surface area contributed by atoms with Gasteiger partial charge in [-0.25, -0.2) is 0 Å². The first-order valence-electron chi connectivity index (χ1n) is 7.53. The summed E-state index contributed by atoms with van der Waals surface area (Å²) in [5.41, 5.74) is -0.0292. The van der Waals surface area contributed by atoms with Crippen molar-refractivity contribution in [2.24, 2.45) is 5.92 Å². The Labute approximate surface area is 115 Å². The van der Waals surface area contributed by atoms with Gasteiger partial charge in [0.15, 0.2) is 0 Å². The highest BCUT2D eigenvalue weighted by atomic mass is 16.2. The molecule has 2 amide bonds. The summed E-state index contributed by atoms with van der Waals surface area (Å²) >= 11 is 0. The lowest BCUT2D eigenvalue weighted by atomic mass is 9.95. The zero-order valence-electron chi connectivity index (χ0n) is 12.4. The first-order valence-corrected chi connectivity index (χ1v) is 7.53. The van der Waals surface area contributed by atoms with Gasteiger partial charge in [-0.2, -0.15) is 0 Å². The lowest BCUT2D eigenvalue weighted by Crippen LogP contribution is -2.53. The van der Waals surface area contributed by atoms with Crippen LogP contribution >= 0.6 is 0 Å². The Balaban J connectivity index is 2.18. The fraction of sp³-hybridized carbons (Fsp3) is 0.867. The summed E-state index contributed by atoms with van der Waals surface area (Å²) in [5.74, 6) is 0.553. The van der Waals surface area contributed by atoms with Gasteiger partial charge >= 0.3 is 0 Å². The van der Waals surface area contributed by atoms with Gasteiger partial charge in [0.1, 0.15) is 6.04 Å². The standard InChI is InChI=1S/C15H26N2O2/c1-11(2)10-12-14(19)17(9-6-13(18)16-12)15(3)7-4-5-8-15/h11-12H,4-10H2,1-3H3,(H,16,18). The van der Waals surface area contributed by atoms with Gasteiger partial charge in [-0.15, -0.1) is 0 Å². The van der Waals surface area contributed by atoms with Crippen LogP contribution in [0, 0.1) is 5.92 Å². The quantitative estimate of drug-likeness (QED) is 0.850. The number of nitrogens with zero attached hydrogens (tertiary/aromatic N) is 1. The molecule has 2 rings (SSSR count). The average molecular weight is 266 g/mol. The topological polar surface area (TPSA) is 49.4 Å². The van der Waals surface area contributed by atoms with E-state index in [0.29, 0.717) is 18.9 Å². The van der Waals surface area contributed by atoms with E-state index in [-0.39, 0.29) is 23.4 Å². The first kappa shape index (κ1) is 14.4. The van der Waals surface area contributed by atoms with Crippen LogP contribution in [0.15, 0.2) is 0 Å². The molecule has 1 saturated heterocycles. The molecule has 1 aliphatic heterocycles. The van der Waals surface area contributed by atoms with Gasteiger partial charge in [-0.1, -0.05) is 26.7 Å². The number of carbonyl (C=O) groups excluding carboxylic acids is 2. The van der Waals surface area contributed by atoms with Gasteiger partial charge in [0.2, 0.25) is 11.8 Å². The summed E-state index contributed by atoms with van der Waals surface area (Å²) in [4.78, 5) is 26.5. The summed E-state index contributed by atoms with van der Waals surface area (Å²) in [7, 11) is 0. The van der Waals surface area contributed by atoms with Crippen molar-refractivity contribution in [2.75, 3.05) is 6.54 Å². The average Bonchev–Trinajstić information content (AvgIpc) is 2.69. The number of hydrogen-bond acceptors (Lipinski definition) is 2. The van der Waals surface area contributed by atoms with Crippen molar-refractivity contribution in [2.45, 2.75) is 70.9 Å². The molecule has 0 bridgehead atoms. The molecule has 4 heteroatoms. The maximum atomic E-state index is 12.7.